The van der Waals surface area contributed by atoms with Gasteiger partial charge in [0.2, 0.25) is 11.9 Å². The van der Waals surface area contributed by atoms with Crippen molar-refractivity contribution in [2.24, 2.45) is 0 Å². The second-order valence-electron chi connectivity index (χ2n) is 5.93. The largest absolute Gasteiger partial charge is 0.378 e. The van der Waals surface area contributed by atoms with Crippen molar-refractivity contribution in [3.05, 3.63) is 30.1 Å². The van der Waals surface area contributed by atoms with Gasteiger partial charge in [0.05, 0.1) is 18.9 Å². The third kappa shape index (κ3) is 2.60. The van der Waals surface area contributed by atoms with Crippen LogP contribution in [-0.2, 0) is 16.0 Å². The second-order valence-corrected chi connectivity index (χ2v) is 5.93. The Labute approximate surface area is 140 Å². The molecule has 2 aliphatic rings. The number of aromatic nitrogens is 3. The Morgan fingerprint density at radius 3 is 2.58 bits per heavy atom. The van der Waals surface area contributed by atoms with E-state index in [-0.39, 0.29) is 5.91 Å². The van der Waals surface area contributed by atoms with Crippen LogP contribution in [0, 0.1) is 0 Å². The smallest absolute Gasteiger partial charge is 0.228 e. The molecule has 7 nitrogen and oxygen atoms in total. The quantitative estimate of drug-likeness (QED) is 0.828. The van der Waals surface area contributed by atoms with Gasteiger partial charge >= 0.3 is 0 Å². The van der Waals surface area contributed by atoms with Gasteiger partial charge in [-0.1, -0.05) is 0 Å². The van der Waals surface area contributed by atoms with Crippen LogP contribution < -0.4 is 9.80 Å². The average Bonchev–Trinajstić information content (AvgIpc) is 3.06. The van der Waals surface area contributed by atoms with Gasteiger partial charge in [0.25, 0.3) is 0 Å². The number of fused-ring (bicyclic) bond motifs is 1. The Bertz CT molecular complexity index is 759. The van der Waals surface area contributed by atoms with Gasteiger partial charge in [0, 0.05) is 50.1 Å². The Hall–Kier alpha value is -2.54. The highest BCUT2D eigenvalue weighted by Crippen LogP contribution is 2.35. The highest BCUT2D eigenvalue weighted by molar-refractivity contribution is 5.94. The number of carbonyl (C=O) groups is 1. The predicted octanol–water partition coefficient (Wildman–Crippen LogP) is 1.28. The lowest BCUT2D eigenvalue weighted by Crippen LogP contribution is -2.37. The van der Waals surface area contributed by atoms with Crippen molar-refractivity contribution in [3.63, 3.8) is 0 Å². The molecule has 1 fully saturated rings. The van der Waals surface area contributed by atoms with Crippen LogP contribution in [0.5, 0.6) is 0 Å². The van der Waals surface area contributed by atoms with E-state index < -0.39 is 0 Å². The monoisotopic (exact) mass is 325 g/mol. The first-order valence-electron chi connectivity index (χ1n) is 8.16. The molecule has 2 aromatic heterocycles. The minimum Gasteiger partial charge on any atom is -0.378 e. The molecule has 2 aromatic rings. The van der Waals surface area contributed by atoms with E-state index in [9.17, 15) is 4.79 Å². The van der Waals surface area contributed by atoms with Crippen LogP contribution >= 0.6 is 0 Å². The van der Waals surface area contributed by atoms with Crippen molar-refractivity contribution in [2.45, 2.75) is 13.3 Å². The topological polar surface area (TPSA) is 71.5 Å². The number of nitrogens with zero attached hydrogens (tertiary/aromatic N) is 5. The van der Waals surface area contributed by atoms with Crippen molar-refractivity contribution in [3.8, 4) is 11.3 Å². The maximum Gasteiger partial charge on any atom is 0.228 e. The molecule has 0 unspecified atom stereocenters. The molecular formula is C17H19N5O2. The average molecular weight is 325 g/mol. The van der Waals surface area contributed by atoms with Gasteiger partial charge in [-0.05, 0) is 18.6 Å². The minimum atomic E-state index is 0.0149. The zero-order chi connectivity index (χ0) is 16.5. The van der Waals surface area contributed by atoms with Gasteiger partial charge in [-0.15, -0.1) is 0 Å². The van der Waals surface area contributed by atoms with E-state index in [0.29, 0.717) is 25.7 Å². The SMILES string of the molecule is CC(=O)N1CCc2c(-c3ccncc3)nc(N3CCOCC3)nc21. The maximum absolute atomic E-state index is 12.0. The third-order valence-electron chi connectivity index (χ3n) is 4.44. The van der Waals surface area contributed by atoms with E-state index in [1.165, 1.54) is 0 Å². The molecule has 2 aliphatic heterocycles. The molecule has 0 aliphatic carbocycles. The molecule has 24 heavy (non-hydrogen) atoms. The highest BCUT2D eigenvalue weighted by atomic mass is 16.5. The number of pyridine rings is 1. The zero-order valence-corrected chi connectivity index (χ0v) is 13.6. The van der Waals surface area contributed by atoms with Crippen LogP contribution in [-0.4, -0.2) is 53.7 Å². The Morgan fingerprint density at radius 2 is 1.88 bits per heavy atom. The number of hydrogen-bond acceptors (Lipinski definition) is 6. The molecule has 0 N–H and O–H groups in total. The Kier molecular flexibility index (Phi) is 3.86. The summed E-state index contributed by atoms with van der Waals surface area (Å²) < 4.78 is 5.42. The zero-order valence-electron chi connectivity index (χ0n) is 13.6. The van der Waals surface area contributed by atoms with E-state index in [0.717, 1.165) is 42.1 Å². The summed E-state index contributed by atoms with van der Waals surface area (Å²) in [7, 11) is 0. The van der Waals surface area contributed by atoms with Crippen LogP contribution in [0.3, 0.4) is 0 Å². The molecule has 124 valence electrons. The predicted molar refractivity (Wildman–Crippen MR) is 90.0 cm³/mol. The fraction of sp³-hybridized carbons (Fsp3) is 0.412. The molecule has 0 aromatic carbocycles. The lowest BCUT2D eigenvalue weighted by atomic mass is 10.1. The summed E-state index contributed by atoms with van der Waals surface area (Å²) in [4.78, 5) is 29.4. The van der Waals surface area contributed by atoms with Gasteiger partial charge in [-0.25, -0.2) is 4.98 Å². The molecule has 0 spiro atoms. The Balaban J connectivity index is 1.85. The molecule has 1 amide bonds. The van der Waals surface area contributed by atoms with Gasteiger partial charge in [0.15, 0.2) is 0 Å². The summed E-state index contributed by atoms with van der Waals surface area (Å²) in [6.07, 6.45) is 4.29. The van der Waals surface area contributed by atoms with Crippen LogP contribution in [0.1, 0.15) is 12.5 Å². The summed E-state index contributed by atoms with van der Waals surface area (Å²) in [5, 5.41) is 0. The van der Waals surface area contributed by atoms with Crippen molar-refractivity contribution < 1.29 is 9.53 Å². The van der Waals surface area contributed by atoms with Gasteiger partial charge in [-0.2, -0.15) is 4.98 Å². The summed E-state index contributed by atoms with van der Waals surface area (Å²) in [5.41, 5.74) is 2.93. The van der Waals surface area contributed by atoms with Crippen LogP contribution in [0.2, 0.25) is 0 Å². The normalized spacial score (nSPS) is 17.0. The second kappa shape index (κ2) is 6.16. The first kappa shape index (κ1) is 15.0. The number of ether oxygens (including phenoxy) is 1. The molecular weight excluding hydrogens is 306 g/mol. The Morgan fingerprint density at radius 1 is 1.12 bits per heavy atom. The fourth-order valence-electron chi connectivity index (χ4n) is 3.20. The third-order valence-corrected chi connectivity index (χ3v) is 4.44. The van der Waals surface area contributed by atoms with Gasteiger partial charge in [0.1, 0.15) is 5.82 Å². The number of anilines is 2. The van der Waals surface area contributed by atoms with Gasteiger partial charge < -0.3 is 9.64 Å². The minimum absolute atomic E-state index is 0.0149. The van der Waals surface area contributed by atoms with E-state index in [4.69, 9.17) is 14.7 Å². The van der Waals surface area contributed by atoms with Crippen LogP contribution in [0.4, 0.5) is 11.8 Å². The molecule has 4 heterocycles. The molecule has 0 saturated carbocycles. The van der Waals surface area contributed by atoms with Crippen LogP contribution in [0.15, 0.2) is 24.5 Å². The summed E-state index contributed by atoms with van der Waals surface area (Å²) in [6.45, 7) is 5.09. The summed E-state index contributed by atoms with van der Waals surface area (Å²) in [5.74, 6) is 1.42. The lowest BCUT2D eigenvalue weighted by Gasteiger charge is -2.28. The molecule has 0 bridgehead atoms. The van der Waals surface area contributed by atoms with E-state index in [1.54, 1.807) is 24.2 Å². The highest BCUT2D eigenvalue weighted by Gasteiger charge is 2.29. The lowest BCUT2D eigenvalue weighted by molar-refractivity contribution is -0.116. The first-order valence-corrected chi connectivity index (χ1v) is 8.16. The molecule has 7 heteroatoms. The summed E-state index contributed by atoms with van der Waals surface area (Å²) in [6, 6.07) is 3.89. The van der Waals surface area contributed by atoms with Crippen molar-refractivity contribution in [1.29, 1.82) is 0 Å². The number of rotatable bonds is 2. The molecule has 0 radical (unpaired) electrons. The number of amides is 1. The number of morpholine rings is 1. The summed E-state index contributed by atoms with van der Waals surface area (Å²) >= 11 is 0. The van der Waals surface area contributed by atoms with E-state index >= 15 is 0 Å². The van der Waals surface area contributed by atoms with Gasteiger partial charge in [-0.3, -0.25) is 14.7 Å². The van der Waals surface area contributed by atoms with Crippen LogP contribution in [0.25, 0.3) is 11.3 Å². The van der Waals surface area contributed by atoms with Crippen molar-refractivity contribution in [1.82, 2.24) is 15.0 Å². The fourth-order valence-corrected chi connectivity index (χ4v) is 3.20. The molecule has 1 saturated heterocycles. The van der Waals surface area contributed by atoms with Crippen molar-refractivity contribution in [2.75, 3.05) is 42.6 Å². The van der Waals surface area contributed by atoms with E-state index in [2.05, 4.69) is 9.88 Å². The van der Waals surface area contributed by atoms with Crippen molar-refractivity contribution >= 4 is 17.7 Å². The maximum atomic E-state index is 12.0. The number of carbonyl (C=O) groups excluding carboxylic acids is 1. The molecule has 4 rings (SSSR count). The number of hydrogen-bond donors (Lipinski definition) is 0. The first-order chi connectivity index (χ1) is 11.7. The molecule has 0 atom stereocenters. The standard InChI is InChI=1S/C17H19N5O2/c1-12(23)22-7-4-14-15(13-2-5-18-6-3-13)19-17(20-16(14)22)21-8-10-24-11-9-21/h2-3,5-6H,4,7-11H2,1H3. The van der Waals surface area contributed by atoms with E-state index in [1.807, 2.05) is 12.1 Å².